The molecule has 1 aliphatic heterocycles. The Morgan fingerprint density at radius 3 is 1.92 bits per heavy atom. The molecule has 0 bridgehead atoms. The van der Waals surface area contributed by atoms with Crippen molar-refractivity contribution in [2.24, 2.45) is 11.8 Å². The molecule has 1 aromatic carbocycles. The lowest BCUT2D eigenvalue weighted by Crippen LogP contribution is -2.55. The normalized spacial score (nSPS) is 21.0. The van der Waals surface area contributed by atoms with Crippen LogP contribution in [0.3, 0.4) is 0 Å². The molecule has 0 radical (unpaired) electrons. The van der Waals surface area contributed by atoms with Crippen LogP contribution in [0, 0.1) is 11.8 Å². The van der Waals surface area contributed by atoms with E-state index in [1.165, 1.54) is 12.1 Å². The van der Waals surface area contributed by atoms with Crippen LogP contribution in [0.15, 0.2) is 12.1 Å². The number of carbonyl (C=O) groups is 2. The number of ether oxygens (including phenoxy) is 4. The van der Waals surface area contributed by atoms with Crippen molar-refractivity contribution in [1.29, 1.82) is 0 Å². The highest BCUT2D eigenvalue weighted by molar-refractivity contribution is 6.77. The molecule has 0 unspecified atom stereocenters. The van der Waals surface area contributed by atoms with Gasteiger partial charge in [-0.25, -0.2) is 4.79 Å². The third-order valence-electron chi connectivity index (χ3n) is 10.6. The van der Waals surface area contributed by atoms with Gasteiger partial charge in [-0.3, -0.25) is 4.79 Å². The minimum atomic E-state index is -2.58. The second kappa shape index (κ2) is 18.5. The Bertz CT molecular complexity index is 1210. The molecule has 1 heterocycles. The van der Waals surface area contributed by atoms with Crippen LogP contribution in [0.1, 0.15) is 98.9 Å². The number of benzene rings is 1. The van der Waals surface area contributed by atoms with E-state index >= 15 is 0 Å². The molecule has 0 N–H and O–H groups in total. The van der Waals surface area contributed by atoms with Gasteiger partial charge in [0.25, 0.3) is 0 Å². The Morgan fingerprint density at radius 1 is 0.939 bits per heavy atom. The van der Waals surface area contributed by atoms with Gasteiger partial charge in [-0.05, 0) is 65.1 Å². The number of rotatable bonds is 17. The molecule has 0 aliphatic carbocycles. The van der Waals surface area contributed by atoms with Crippen LogP contribution in [0.2, 0.25) is 49.8 Å². The molecular weight excluding hydrogens is 723 g/mol. The largest absolute Gasteiger partial charge is 0.417 e. The van der Waals surface area contributed by atoms with Crippen molar-refractivity contribution in [3.8, 4) is 0 Å². The molecule has 49 heavy (non-hydrogen) atoms. The maximum Gasteiger partial charge on any atom is 0.348 e. The van der Waals surface area contributed by atoms with Crippen molar-refractivity contribution >= 4 is 63.4 Å². The summed E-state index contributed by atoms with van der Waals surface area (Å²) in [5, 5.41) is 0.345. The molecule has 1 saturated heterocycles. The van der Waals surface area contributed by atoms with Crippen molar-refractivity contribution in [3.63, 3.8) is 0 Å². The fourth-order valence-electron chi connectivity index (χ4n) is 7.09. The van der Waals surface area contributed by atoms with Crippen molar-refractivity contribution in [2.75, 3.05) is 20.8 Å². The summed E-state index contributed by atoms with van der Waals surface area (Å²) in [6.45, 7) is 27.2. The molecule has 0 aromatic heterocycles. The lowest BCUT2D eigenvalue weighted by Gasteiger charge is -2.46. The average Bonchev–Trinajstić information content (AvgIpc) is 3.35. The summed E-state index contributed by atoms with van der Waals surface area (Å²) < 4.78 is 37.7. The highest BCUT2D eigenvalue weighted by atomic mass is 35.5. The molecule has 6 atom stereocenters. The zero-order valence-electron chi connectivity index (χ0n) is 32.1. The number of esters is 2. The fourth-order valence-corrected chi connectivity index (χ4v) is 14.8. The van der Waals surface area contributed by atoms with Gasteiger partial charge in [0.05, 0.1) is 34.2 Å². The summed E-state index contributed by atoms with van der Waals surface area (Å²) in [5.41, 5.74) is 0.525. The molecule has 0 spiro atoms. The van der Waals surface area contributed by atoms with Gasteiger partial charge in [0.2, 0.25) is 8.32 Å². The molecule has 282 valence electrons. The smallest absolute Gasteiger partial charge is 0.348 e. The van der Waals surface area contributed by atoms with Crippen LogP contribution in [0.5, 0.6) is 0 Å². The van der Waals surface area contributed by atoms with Gasteiger partial charge in [0, 0.05) is 32.3 Å². The lowest BCUT2D eigenvalue weighted by atomic mass is 9.86. The number of carbonyl (C=O) groups excluding carboxylic acids is 2. The van der Waals surface area contributed by atoms with Gasteiger partial charge in [-0.15, -0.1) is 0 Å². The molecular formula is C36H61Cl3O8Si2. The van der Waals surface area contributed by atoms with Crippen molar-refractivity contribution < 1.29 is 37.4 Å². The molecule has 1 aliphatic rings. The Morgan fingerprint density at radius 2 is 1.47 bits per heavy atom. The molecule has 0 saturated carbocycles. The van der Waals surface area contributed by atoms with Gasteiger partial charge >= 0.3 is 11.9 Å². The topological polar surface area (TPSA) is 89.5 Å². The summed E-state index contributed by atoms with van der Waals surface area (Å²) in [6.07, 6.45) is -1.10. The predicted octanol–water partition coefficient (Wildman–Crippen LogP) is 10.7. The first kappa shape index (κ1) is 44.6. The Labute approximate surface area is 312 Å². The first-order valence-corrected chi connectivity index (χ1v) is 23.6. The molecule has 1 aromatic rings. The third kappa shape index (κ3) is 11.2. The van der Waals surface area contributed by atoms with E-state index < -0.39 is 53.2 Å². The van der Waals surface area contributed by atoms with E-state index in [2.05, 4.69) is 82.3 Å². The van der Waals surface area contributed by atoms with E-state index in [1.54, 1.807) is 14.2 Å². The SMILES string of the molecule is CO[C@@H]1C[C@@H](C[C@@H](C)CO[Si](C)(C)C(C)(C)C)[C@@H]([C@@H](OC)[C@@H](CC(=O)OC(=O)c2c(Cl)cc(Cl)cc2Cl)O[Si](C(C)C)(C(C)C)C(C)C)O1. The number of halogens is 3. The van der Waals surface area contributed by atoms with Gasteiger partial charge < -0.3 is 27.8 Å². The third-order valence-corrected chi connectivity index (χ3v) is 22.0. The van der Waals surface area contributed by atoms with Crippen LogP contribution in [0.4, 0.5) is 0 Å². The second-order valence-corrected chi connectivity index (χ2v) is 27.5. The minimum Gasteiger partial charge on any atom is -0.417 e. The van der Waals surface area contributed by atoms with Crippen LogP contribution in [0.25, 0.3) is 0 Å². The van der Waals surface area contributed by atoms with E-state index in [1.807, 2.05) is 0 Å². The average molecular weight is 784 g/mol. The van der Waals surface area contributed by atoms with E-state index in [4.69, 9.17) is 62.6 Å². The molecule has 1 fully saturated rings. The lowest BCUT2D eigenvalue weighted by molar-refractivity contribution is -0.169. The number of hydrogen-bond donors (Lipinski definition) is 0. The monoisotopic (exact) mass is 782 g/mol. The van der Waals surface area contributed by atoms with Gasteiger partial charge in [-0.2, -0.15) is 0 Å². The summed E-state index contributed by atoms with van der Waals surface area (Å²) in [7, 11) is -1.27. The highest BCUT2D eigenvalue weighted by Crippen LogP contribution is 2.46. The van der Waals surface area contributed by atoms with Crippen LogP contribution in [-0.2, 0) is 32.6 Å². The standard InChI is InChI=1S/C36H61Cl3O8Si2/c1-21(2)49(22(3)4,23(5)6)47-29(19-30(40)45-35(41)32-27(38)17-26(37)18-28(32)39)34(43-12)33-25(16-31(42-11)46-33)15-24(7)20-44-48(13,14)36(8,9)10/h17-18,21-25,29,31,33-34H,15-16,19-20H2,1-14H3/t24-,25-,29-,31+,33+,34+/m1/s1. The van der Waals surface area contributed by atoms with Crippen LogP contribution < -0.4 is 0 Å². The van der Waals surface area contributed by atoms with Crippen LogP contribution >= 0.6 is 34.8 Å². The zero-order chi connectivity index (χ0) is 37.6. The quantitative estimate of drug-likeness (QED) is 0.0876. The minimum absolute atomic E-state index is 0.0109. The Kier molecular flexibility index (Phi) is 16.8. The molecule has 13 heteroatoms. The Hall–Kier alpha value is -0.536. The first-order chi connectivity index (χ1) is 22.5. The van der Waals surface area contributed by atoms with Gasteiger partial charge in [0.15, 0.2) is 14.6 Å². The van der Waals surface area contributed by atoms with Crippen molar-refractivity contribution in [1.82, 2.24) is 0 Å². The van der Waals surface area contributed by atoms with E-state index in [9.17, 15) is 9.59 Å². The summed E-state index contributed by atoms with van der Waals surface area (Å²) >= 11 is 18.6. The predicted molar refractivity (Wildman–Crippen MR) is 204 cm³/mol. The summed E-state index contributed by atoms with van der Waals surface area (Å²) in [4.78, 5) is 26.8. The maximum atomic E-state index is 13.6. The Balaban J connectivity index is 2.48. The van der Waals surface area contributed by atoms with E-state index in [-0.39, 0.29) is 60.5 Å². The van der Waals surface area contributed by atoms with Crippen LogP contribution in [-0.4, -0.2) is 74.0 Å². The maximum absolute atomic E-state index is 13.6. The summed E-state index contributed by atoms with van der Waals surface area (Å²) in [6, 6.07) is 2.75. The van der Waals surface area contributed by atoms with Crippen molar-refractivity contribution in [3.05, 3.63) is 32.8 Å². The first-order valence-electron chi connectivity index (χ1n) is 17.4. The molecule has 8 nitrogen and oxygen atoms in total. The molecule has 0 amide bonds. The second-order valence-electron chi connectivity index (χ2n) is 16.1. The number of methoxy groups -OCH3 is 2. The number of hydrogen-bond acceptors (Lipinski definition) is 8. The van der Waals surface area contributed by atoms with Gasteiger partial charge in [-0.1, -0.05) is 104 Å². The highest BCUT2D eigenvalue weighted by Gasteiger charge is 2.51. The van der Waals surface area contributed by atoms with E-state index in [0.717, 1.165) is 6.42 Å². The summed E-state index contributed by atoms with van der Waals surface area (Å²) in [5.74, 6) is -1.47. The molecule has 2 rings (SSSR count). The van der Waals surface area contributed by atoms with Crippen molar-refractivity contribution in [2.45, 2.75) is 148 Å². The zero-order valence-corrected chi connectivity index (χ0v) is 36.3. The van der Waals surface area contributed by atoms with Gasteiger partial charge in [0.1, 0.15) is 6.10 Å². The van der Waals surface area contributed by atoms with E-state index in [0.29, 0.717) is 13.0 Å². The fraction of sp³-hybridized carbons (Fsp3) is 0.778.